The van der Waals surface area contributed by atoms with E-state index >= 15 is 0 Å². The predicted molar refractivity (Wildman–Crippen MR) is 119 cm³/mol. The molecule has 0 fully saturated rings. The van der Waals surface area contributed by atoms with Gasteiger partial charge in [0.1, 0.15) is 5.52 Å². The molecule has 0 aliphatic rings. The van der Waals surface area contributed by atoms with Crippen LogP contribution in [-0.4, -0.2) is 25.9 Å². The van der Waals surface area contributed by atoms with Crippen LogP contribution in [0.15, 0.2) is 66.7 Å². The summed E-state index contributed by atoms with van der Waals surface area (Å²) >= 11 is 7.42. The fourth-order valence-electron chi connectivity index (χ4n) is 3.10. The van der Waals surface area contributed by atoms with Gasteiger partial charge in [0.05, 0.1) is 22.3 Å². The van der Waals surface area contributed by atoms with Gasteiger partial charge < -0.3 is 0 Å². The summed E-state index contributed by atoms with van der Waals surface area (Å²) in [6.45, 7) is 0.578. The molecule has 0 aliphatic heterocycles. The monoisotopic (exact) mass is 434 g/mol. The number of carbonyl (C=O) groups is 1. The van der Waals surface area contributed by atoms with Gasteiger partial charge in [-0.15, -0.1) is 5.10 Å². The third-order valence-electron chi connectivity index (χ3n) is 4.60. The lowest BCUT2D eigenvalue weighted by atomic mass is 10.1. The molecule has 5 aromatic rings. The van der Waals surface area contributed by atoms with E-state index < -0.39 is 0 Å². The SMILES string of the molecule is O=C(NNc1nc2ccc(Cl)cc2s1)c1ccc(Cn2nnc3ccccc32)cc1. The number of hydrazine groups is 1. The summed E-state index contributed by atoms with van der Waals surface area (Å²) in [5.41, 5.74) is 9.77. The molecule has 3 aromatic carbocycles. The van der Waals surface area contributed by atoms with Crippen molar-refractivity contribution in [3.8, 4) is 0 Å². The number of nitrogens with one attached hydrogen (secondary N) is 2. The third-order valence-corrected chi connectivity index (χ3v) is 5.77. The van der Waals surface area contributed by atoms with Gasteiger partial charge in [0.15, 0.2) is 0 Å². The van der Waals surface area contributed by atoms with Crippen molar-refractivity contribution in [1.29, 1.82) is 0 Å². The molecule has 9 heteroatoms. The number of thiazole rings is 1. The number of anilines is 1. The summed E-state index contributed by atoms with van der Waals surface area (Å²) < 4.78 is 2.79. The van der Waals surface area contributed by atoms with Crippen LogP contribution < -0.4 is 10.9 Å². The van der Waals surface area contributed by atoms with E-state index in [0.29, 0.717) is 22.3 Å². The summed E-state index contributed by atoms with van der Waals surface area (Å²) in [4.78, 5) is 16.9. The Hall–Kier alpha value is -3.49. The van der Waals surface area contributed by atoms with E-state index in [0.717, 1.165) is 26.8 Å². The van der Waals surface area contributed by atoms with Crippen LogP contribution in [0.1, 0.15) is 15.9 Å². The highest BCUT2D eigenvalue weighted by atomic mass is 35.5. The summed E-state index contributed by atoms with van der Waals surface area (Å²) in [5.74, 6) is -0.245. The number of hydrogen-bond donors (Lipinski definition) is 2. The van der Waals surface area contributed by atoms with Crippen molar-refractivity contribution >= 4 is 55.2 Å². The first-order valence-electron chi connectivity index (χ1n) is 9.15. The highest BCUT2D eigenvalue weighted by Gasteiger charge is 2.09. The maximum atomic E-state index is 12.4. The van der Waals surface area contributed by atoms with Crippen molar-refractivity contribution in [2.24, 2.45) is 0 Å². The summed E-state index contributed by atoms with van der Waals surface area (Å²) in [5, 5.41) is 9.61. The predicted octanol–water partition coefficient (Wildman–Crippen LogP) is 4.50. The fraction of sp³-hybridized carbons (Fsp3) is 0.0476. The number of para-hydroxylation sites is 1. The second-order valence-electron chi connectivity index (χ2n) is 6.64. The number of amides is 1. The van der Waals surface area contributed by atoms with Crippen LogP contribution in [0.5, 0.6) is 0 Å². The molecule has 2 N–H and O–H groups in total. The minimum absolute atomic E-state index is 0.245. The smallest absolute Gasteiger partial charge is 0.269 e. The molecule has 30 heavy (non-hydrogen) atoms. The normalized spacial score (nSPS) is 11.1. The second kappa shape index (κ2) is 7.74. The van der Waals surface area contributed by atoms with Crippen molar-refractivity contribution < 1.29 is 4.79 Å². The van der Waals surface area contributed by atoms with Gasteiger partial charge in [0, 0.05) is 10.6 Å². The van der Waals surface area contributed by atoms with Crippen molar-refractivity contribution in [2.75, 3.05) is 5.43 Å². The number of halogens is 1. The zero-order chi connectivity index (χ0) is 20.5. The lowest BCUT2D eigenvalue weighted by Crippen LogP contribution is -2.29. The quantitative estimate of drug-likeness (QED) is 0.398. The van der Waals surface area contributed by atoms with E-state index in [1.807, 2.05) is 53.2 Å². The van der Waals surface area contributed by atoms with Crippen molar-refractivity contribution in [2.45, 2.75) is 6.54 Å². The molecule has 0 unspecified atom stereocenters. The molecule has 0 spiro atoms. The van der Waals surface area contributed by atoms with Gasteiger partial charge in [0.2, 0.25) is 5.13 Å². The minimum Gasteiger partial charge on any atom is -0.273 e. The van der Waals surface area contributed by atoms with Gasteiger partial charge in [0.25, 0.3) is 5.91 Å². The molecule has 0 atom stereocenters. The minimum atomic E-state index is -0.245. The first-order chi connectivity index (χ1) is 14.7. The van der Waals surface area contributed by atoms with Crippen LogP contribution in [0, 0.1) is 0 Å². The number of nitrogens with zero attached hydrogens (tertiary/aromatic N) is 4. The van der Waals surface area contributed by atoms with E-state index in [2.05, 4.69) is 26.1 Å². The lowest BCUT2D eigenvalue weighted by Gasteiger charge is -2.07. The van der Waals surface area contributed by atoms with Crippen LogP contribution in [0.4, 0.5) is 5.13 Å². The van der Waals surface area contributed by atoms with Gasteiger partial charge in [-0.05, 0) is 48.0 Å². The van der Waals surface area contributed by atoms with E-state index in [1.165, 1.54) is 11.3 Å². The highest BCUT2D eigenvalue weighted by Crippen LogP contribution is 2.27. The first-order valence-corrected chi connectivity index (χ1v) is 10.3. The molecule has 0 saturated carbocycles. The Morgan fingerprint density at radius 1 is 1.03 bits per heavy atom. The number of carbonyl (C=O) groups excluding carboxylic acids is 1. The Morgan fingerprint density at radius 2 is 1.87 bits per heavy atom. The van der Waals surface area contributed by atoms with E-state index in [-0.39, 0.29) is 5.91 Å². The topological polar surface area (TPSA) is 84.7 Å². The maximum Gasteiger partial charge on any atom is 0.269 e. The molecule has 7 nitrogen and oxygen atoms in total. The number of hydrogen-bond acceptors (Lipinski definition) is 6. The molecule has 2 heterocycles. The van der Waals surface area contributed by atoms with Crippen molar-refractivity contribution in [1.82, 2.24) is 25.4 Å². The largest absolute Gasteiger partial charge is 0.273 e. The lowest BCUT2D eigenvalue weighted by molar-refractivity contribution is 0.0962. The zero-order valence-corrected chi connectivity index (χ0v) is 17.1. The number of rotatable bonds is 5. The summed E-state index contributed by atoms with van der Waals surface area (Å²) in [6, 6.07) is 20.7. The van der Waals surface area contributed by atoms with Crippen LogP contribution in [0.25, 0.3) is 21.3 Å². The van der Waals surface area contributed by atoms with E-state index in [1.54, 1.807) is 18.2 Å². The molecule has 5 rings (SSSR count). The Bertz CT molecular complexity index is 1360. The van der Waals surface area contributed by atoms with E-state index in [4.69, 9.17) is 11.6 Å². The molecule has 0 saturated heterocycles. The molecular weight excluding hydrogens is 420 g/mol. The van der Waals surface area contributed by atoms with Crippen LogP contribution in [-0.2, 0) is 6.54 Å². The molecule has 2 aromatic heterocycles. The molecular formula is C21H15ClN6OS. The fourth-order valence-corrected chi connectivity index (χ4v) is 4.20. The van der Waals surface area contributed by atoms with Crippen molar-refractivity contribution in [3.05, 3.63) is 82.9 Å². The highest BCUT2D eigenvalue weighted by molar-refractivity contribution is 7.22. The Balaban J connectivity index is 1.24. The number of fused-ring (bicyclic) bond motifs is 2. The average Bonchev–Trinajstić information content (AvgIpc) is 3.36. The molecule has 0 aliphatic carbocycles. The van der Waals surface area contributed by atoms with Gasteiger partial charge in [-0.25, -0.2) is 9.67 Å². The van der Waals surface area contributed by atoms with Gasteiger partial charge in [-0.2, -0.15) is 0 Å². The zero-order valence-electron chi connectivity index (χ0n) is 15.5. The summed E-state index contributed by atoms with van der Waals surface area (Å²) in [7, 11) is 0. The second-order valence-corrected chi connectivity index (χ2v) is 8.11. The average molecular weight is 435 g/mol. The molecule has 1 amide bonds. The standard InChI is InChI=1S/C21H15ClN6OS/c22-15-9-10-17-19(11-15)30-21(23-17)26-25-20(29)14-7-5-13(6-8-14)12-28-18-4-2-1-3-16(18)24-27-28/h1-11H,12H2,(H,23,26)(H,25,29). The van der Waals surface area contributed by atoms with Crippen molar-refractivity contribution in [3.63, 3.8) is 0 Å². The number of aromatic nitrogens is 4. The van der Waals surface area contributed by atoms with E-state index in [9.17, 15) is 4.79 Å². The molecule has 148 valence electrons. The molecule has 0 radical (unpaired) electrons. The van der Waals surface area contributed by atoms with Crippen LogP contribution in [0.3, 0.4) is 0 Å². The van der Waals surface area contributed by atoms with Gasteiger partial charge in [-0.1, -0.05) is 52.4 Å². The molecule has 0 bridgehead atoms. The Morgan fingerprint density at radius 3 is 2.73 bits per heavy atom. The Kier molecular flexibility index (Phi) is 4.78. The maximum absolute atomic E-state index is 12.4. The van der Waals surface area contributed by atoms with Crippen LogP contribution >= 0.6 is 22.9 Å². The first kappa shape index (κ1) is 18.5. The van der Waals surface area contributed by atoms with Crippen LogP contribution in [0.2, 0.25) is 5.02 Å². The van der Waals surface area contributed by atoms with Gasteiger partial charge >= 0.3 is 0 Å². The number of benzene rings is 3. The summed E-state index contributed by atoms with van der Waals surface area (Å²) in [6.07, 6.45) is 0. The Labute approximate surface area is 180 Å². The third kappa shape index (κ3) is 3.70. The van der Waals surface area contributed by atoms with Gasteiger partial charge in [-0.3, -0.25) is 15.6 Å².